The van der Waals surface area contributed by atoms with Crippen molar-refractivity contribution < 1.29 is 27.8 Å². The average Bonchev–Trinajstić information content (AvgIpc) is 2.53. The highest BCUT2D eigenvalue weighted by molar-refractivity contribution is 5.84. The summed E-state index contributed by atoms with van der Waals surface area (Å²) in [6, 6.07) is 6.37. The maximum atomic E-state index is 12.1. The smallest absolute Gasteiger partial charge is 0.422 e. The first-order valence-electron chi connectivity index (χ1n) is 6.91. The Morgan fingerprint density at radius 1 is 1.25 bits per heavy atom. The number of alkyl halides is 3. The number of carbonyl (C=O) groups is 1. The summed E-state index contributed by atoms with van der Waals surface area (Å²) < 4.78 is 41.1. The molecule has 9 heteroatoms. The minimum atomic E-state index is -4.38. The summed E-state index contributed by atoms with van der Waals surface area (Å²) in [5.74, 6) is -0.607. The van der Waals surface area contributed by atoms with E-state index in [1.54, 1.807) is 12.1 Å². The fraction of sp³-hybridized carbons (Fsp3) is 0.267. The number of nitrogens with one attached hydrogen (secondary N) is 1. The lowest BCUT2D eigenvalue weighted by atomic mass is 10.1. The highest BCUT2D eigenvalue weighted by atomic mass is 19.4. The molecule has 0 saturated heterocycles. The van der Waals surface area contributed by atoms with E-state index in [9.17, 15) is 18.0 Å². The fourth-order valence-electron chi connectivity index (χ4n) is 1.82. The maximum Gasteiger partial charge on any atom is 0.422 e. The first-order chi connectivity index (χ1) is 11.3. The number of carboxylic acid groups (broad SMARTS) is 1. The van der Waals surface area contributed by atoms with E-state index >= 15 is 0 Å². The standard InChI is InChI=1S/C15H14F3N3O3/c16-15(17,18)9-24-11-3-1-2-10(6-11)4-5-19-13-8-20-12(7-21-13)14(22)23/h1-3,6-8H,4-5,9H2,(H,19,21)(H,22,23). The van der Waals surface area contributed by atoms with Crippen LogP contribution in [0.2, 0.25) is 0 Å². The highest BCUT2D eigenvalue weighted by Crippen LogP contribution is 2.19. The molecular formula is C15H14F3N3O3. The summed E-state index contributed by atoms with van der Waals surface area (Å²) >= 11 is 0. The number of aromatic nitrogens is 2. The Kier molecular flexibility index (Phi) is 5.56. The van der Waals surface area contributed by atoms with Crippen molar-refractivity contribution in [2.24, 2.45) is 0 Å². The van der Waals surface area contributed by atoms with E-state index in [2.05, 4.69) is 20.0 Å². The molecule has 0 atom stereocenters. The Labute approximate surface area is 135 Å². The highest BCUT2D eigenvalue weighted by Gasteiger charge is 2.28. The van der Waals surface area contributed by atoms with Crippen LogP contribution in [-0.2, 0) is 6.42 Å². The molecule has 1 aromatic carbocycles. The van der Waals surface area contributed by atoms with Gasteiger partial charge in [0.1, 0.15) is 11.6 Å². The topological polar surface area (TPSA) is 84.3 Å². The van der Waals surface area contributed by atoms with Gasteiger partial charge in [-0.1, -0.05) is 12.1 Å². The molecule has 0 radical (unpaired) electrons. The normalized spacial score (nSPS) is 11.1. The molecule has 0 fully saturated rings. The van der Waals surface area contributed by atoms with Crippen LogP contribution >= 0.6 is 0 Å². The number of benzene rings is 1. The number of hydrogen-bond donors (Lipinski definition) is 2. The monoisotopic (exact) mass is 341 g/mol. The van der Waals surface area contributed by atoms with E-state index < -0.39 is 18.8 Å². The second kappa shape index (κ2) is 7.62. The zero-order valence-corrected chi connectivity index (χ0v) is 12.4. The minimum absolute atomic E-state index is 0.149. The zero-order chi connectivity index (χ0) is 17.6. The summed E-state index contributed by atoms with van der Waals surface area (Å²) in [4.78, 5) is 18.3. The lowest BCUT2D eigenvalue weighted by Crippen LogP contribution is -2.19. The van der Waals surface area contributed by atoms with Crippen LogP contribution in [0, 0.1) is 0 Å². The molecule has 2 aromatic rings. The van der Waals surface area contributed by atoms with Gasteiger partial charge in [-0.05, 0) is 24.1 Å². The van der Waals surface area contributed by atoms with Crippen LogP contribution in [-0.4, -0.2) is 40.4 Å². The average molecular weight is 341 g/mol. The van der Waals surface area contributed by atoms with Gasteiger partial charge >= 0.3 is 12.1 Å². The quantitative estimate of drug-likeness (QED) is 0.806. The Morgan fingerprint density at radius 3 is 2.67 bits per heavy atom. The van der Waals surface area contributed by atoms with Crippen LogP contribution < -0.4 is 10.1 Å². The molecule has 0 bridgehead atoms. The van der Waals surface area contributed by atoms with E-state index in [0.717, 1.165) is 11.8 Å². The Balaban J connectivity index is 1.84. The van der Waals surface area contributed by atoms with Crippen molar-refractivity contribution in [3.8, 4) is 5.75 Å². The van der Waals surface area contributed by atoms with Crippen LogP contribution in [0.1, 0.15) is 16.1 Å². The number of nitrogens with zero attached hydrogens (tertiary/aromatic N) is 2. The van der Waals surface area contributed by atoms with Crippen LogP contribution in [0.15, 0.2) is 36.7 Å². The molecule has 2 rings (SSSR count). The number of hydrogen-bond acceptors (Lipinski definition) is 5. The summed E-state index contributed by atoms with van der Waals surface area (Å²) in [5, 5.41) is 11.7. The lowest BCUT2D eigenvalue weighted by molar-refractivity contribution is -0.153. The van der Waals surface area contributed by atoms with Gasteiger partial charge in [-0.15, -0.1) is 0 Å². The predicted octanol–water partition coefficient (Wildman–Crippen LogP) is 2.77. The summed E-state index contributed by atoms with van der Waals surface area (Å²) in [5.41, 5.74) is 0.632. The second-order valence-electron chi connectivity index (χ2n) is 4.82. The van der Waals surface area contributed by atoms with E-state index in [1.807, 2.05) is 0 Å². The number of anilines is 1. The van der Waals surface area contributed by atoms with Crippen molar-refractivity contribution >= 4 is 11.8 Å². The third kappa shape index (κ3) is 5.75. The number of rotatable bonds is 7. The van der Waals surface area contributed by atoms with Gasteiger partial charge in [0, 0.05) is 6.54 Å². The largest absolute Gasteiger partial charge is 0.484 e. The number of carboxylic acids is 1. The van der Waals surface area contributed by atoms with Gasteiger partial charge in [0.15, 0.2) is 12.3 Å². The Morgan fingerprint density at radius 2 is 2.04 bits per heavy atom. The molecule has 6 nitrogen and oxygen atoms in total. The van der Waals surface area contributed by atoms with Crippen LogP contribution in [0.25, 0.3) is 0 Å². The van der Waals surface area contributed by atoms with Gasteiger partial charge in [0.05, 0.1) is 12.4 Å². The molecular weight excluding hydrogens is 327 g/mol. The molecule has 2 N–H and O–H groups in total. The maximum absolute atomic E-state index is 12.1. The van der Waals surface area contributed by atoms with E-state index in [0.29, 0.717) is 18.8 Å². The second-order valence-corrected chi connectivity index (χ2v) is 4.82. The van der Waals surface area contributed by atoms with Crippen molar-refractivity contribution in [3.63, 3.8) is 0 Å². The molecule has 128 valence electrons. The van der Waals surface area contributed by atoms with E-state index in [-0.39, 0.29) is 11.4 Å². The fourth-order valence-corrected chi connectivity index (χ4v) is 1.82. The Bertz CT molecular complexity index is 690. The van der Waals surface area contributed by atoms with E-state index in [4.69, 9.17) is 5.11 Å². The lowest BCUT2D eigenvalue weighted by Gasteiger charge is -2.10. The third-order valence-electron chi connectivity index (χ3n) is 2.89. The minimum Gasteiger partial charge on any atom is -0.484 e. The third-order valence-corrected chi connectivity index (χ3v) is 2.89. The molecule has 1 heterocycles. The van der Waals surface area contributed by atoms with Gasteiger partial charge in [0.2, 0.25) is 0 Å². The van der Waals surface area contributed by atoms with Crippen molar-refractivity contribution in [2.45, 2.75) is 12.6 Å². The van der Waals surface area contributed by atoms with Crippen LogP contribution in [0.4, 0.5) is 19.0 Å². The van der Waals surface area contributed by atoms with Gasteiger partial charge in [-0.3, -0.25) is 0 Å². The summed E-state index contributed by atoms with van der Waals surface area (Å²) in [7, 11) is 0. The van der Waals surface area contributed by atoms with Crippen molar-refractivity contribution in [2.75, 3.05) is 18.5 Å². The molecule has 0 unspecified atom stereocenters. The predicted molar refractivity (Wildman–Crippen MR) is 79.2 cm³/mol. The summed E-state index contributed by atoms with van der Waals surface area (Å²) in [6.07, 6.45) is -1.42. The van der Waals surface area contributed by atoms with Crippen molar-refractivity contribution in [3.05, 3.63) is 47.9 Å². The molecule has 0 spiro atoms. The zero-order valence-electron chi connectivity index (χ0n) is 12.4. The molecule has 0 aliphatic rings. The first-order valence-corrected chi connectivity index (χ1v) is 6.91. The molecule has 1 aromatic heterocycles. The van der Waals surface area contributed by atoms with Crippen LogP contribution in [0.5, 0.6) is 5.75 Å². The van der Waals surface area contributed by atoms with E-state index in [1.165, 1.54) is 18.3 Å². The van der Waals surface area contributed by atoms with Gasteiger partial charge < -0.3 is 15.2 Å². The molecule has 24 heavy (non-hydrogen) atoms. The SMILES string of the molecule is O=C(O)c1cnc(NCCc2cccc(OCC(F)(F)F)c2)cn1. The molecule has 0 amide bonds. The van der Waals surface area contributed by atoms with Gasteiger partial charge in [-0.2, -0.15) is 13.2 Å². The summed E-state index contributed by atoms with van der Waals surface area (Å²) in [6.45, 7) is -0.885. The van der Waals surface area contributed by atoms with Gasteiger partial charge in [-0.25, -0.2) is 14.8 Å². The van der Waals surface area contributed by atoms with Crippen molar-refractivity contribution in [1.82, 2.24) is 9.97 Å². The first kappa shape index (κ1) is 17.5. The Hall–Kier alpha value is -2.84. The number of aromatic carboxylic acids is 1. The van der Waals surface area contributed by atoms with Gasteiger partial charge in [0.25, 0.3) is 0 Å². The number of ether oxygens (including phenoxy) is 1. The van der Waals surface area contributed by atoms with Crippen LogP contribution in [0.3, 0.4) is 0 Å². The molecule has 0 aliphatic carbocycles. The molecule has 0 aliphatic heterocycles. The molecule has 0 saturated carbocycles. The van der Waals surface area contributed by atoms with Crippen molar-refractivity contribution in [1.29, 1.82) is 0 Å². The number of halogens is 3.